The molecular formula is C15H20BrN3O. The maximum absolute atomic E-state index is 12.0. The molecule has 1 aromatic rings. The van der Waals surface area contributed by atoms with E-state index < -0.39 is 6.04 Å². The third-order valence-electron chi connectivity index (χ3n) is 3.34. The standard InChI is InChI=1S/C13H14BrN3O.C2H6/c14-9-5-3-8(4-6-9)11-13(18)17-12(16-11)10-2-1-7-15-10;1-2/h3-6,10-11,15H,1-2,7H2,(H,16,17,18);1-2H3. The van der Waals surface area contributed by atoms with Gasteiger partial charge in [0.1, 0.15) is 5.84 Å². The zero-order valence-corrected chi connectivity index (χ0v) is 13.4. The molecule has 2 N–H and O–H groups in total. The summed E-state index contributed by atoms with van der Waals surface area (Å²) in [6.45, 7) is 5.00. The van der Waals surface area contributed by atoms with Crippen molar-refractivity contribution in [3.63, 3.8) is 0 Å². The first-order valence-electron chi connectivity index (χ1n) is 7.11. The van der Waals surface area contributed by atoms with Crippen molar-refractivity contribution in [2.75, 3.05) is 6.54 Å². The molecule has 2 unspecified atom stereocenters. The number of nitrogens with one attached hydrogen (secondary N) is 2. The Morgan fingerprint density at radius 2 is 1.95 bits per heavy atom. The Kier molecular flexibility index (Phi) is 5.31. The fourth-order valence-electron chi connectivity index (χ4n) is 2.39. The minimum atomic E-state index is -0.393. The molecule has 108 valence electrons. The van der Waals surface area contributed by atoms with Crippen molar-refractivity contribution in [2.45, 2.75) is 38.8 Å². The van der Waals surface area contributed by atoms with Gasteiger partial charge in [-0.1, -0.05) is 41.9 Å². The van der Waals surface area contributed by atoms with E-state index in [0.717, 1.165) is 35.3 Å². The summed E-state index contributed by atoms with van der Waals surface area (Å²) in [4.78, 5) is 16.5. The van der Waals surface area contributed by atoms with Gasteiger partial charge in [-0.15, -0.1) is 0 Å². The number of halogens is 1. The molecule has 1 amide bonds. The van der Waals surface area contributed by atoms with Crippen LogP contribution in [0.15, 0.2) is 33.7 Å². The lowest BCUT2D eigenvalue weighted by Crippen LogP contribution is -2.39. The van der Waals surface area contributed by atoms with E-state index in [1.165, 1.54) is 0 Å². The van der Waals surface area contributed by atoms with Crippen LogP contribution in [-0.2, 0) is 4.79 Å². The summed E-state index contributed by atoms with van der Waals surface area (Å²) in [7, 11) is 0. The van der Waals surface area contributed by atoms with E-state index in [1.54, 1.807) is 0 Å². The molecule has 3 rings (SSSR count). The van der Waals surface area contributed by atoms with Gasteiger partial charge < -0.3 is 10.6 Å². The monoisotopic (exact) mass is 337 g/mol. The molecule has 2 atom stereocenters. The molecule has 0 aromatic heterocycles. The Bertz CT molecular complexity index is 492. The van der Waals surface area contributed by atoms with E-state index in [0.29, 0.717) is 0 Å². The molecule has 1 aromatic carbocycles. The Morgan fingerprint density at radius 3 is 2.55 bits per heavy atom. The van der Waals surface area contributed by atoms with Crippen molar-refractivity contribution < 1.29 is 4.79 Å². The molecule has 4 nitrogen and oxygen atoms in total. The number of carbonyl (C=O) groups excluding carboxylic acids is 1. The van der Waals surface area contributed by atoms with E-state index in [9.17, 15) is 4.79 Å². The minimum Gasteiger partial charge on any atom is -0.311 e. The highest BCUT2D eigenvalue weighted by Crippen LogP contribution is 2.24. The summed E-state index contributed by atoms with van der Waals surface area (Å²) in [6.07, 6.45) is 2.19. The zero-order chi connectivity index (χ0) is 14.5. The predicted molar refractivity (Wildman–Crippen MR) is 84.8 cm³/mol. The summed E-state index contributed by atoms with van der Waals surface area (Å²) in [5, 5.41) is 6.24. The number of nitrogens with zero attached hydrogens (tertiary/aromatic N) is 1. The van der Waals surface area contributed by atoms with E-state index in [-0.39, 0.29) is 11.9 Å². The molecule has 1 fully saturated rings. The van der Waals surface area contributed by atoms with Crippen molar-refractivity contribution in [2.24, 2.45) is 4.99 Å². The van der Waals surface area contributed by atoms with Gasteiger partial charge in [-0.05, 0) is 37.1 Å². The molecule has 0 spiro atoms. The molecule has 0 aliphatic carbocycles. The molecule has 1 saturated heterocycles. The average molecular weight is 338 g/mol. The van der Waals surface area contributed by atoms with Gasteiger partial charge in [0.05, 0.1) is 6.04 Å². The van der Waals surface area contributed by atoms with E-state index in [2.05, 4.69) is 31.6 Å². The number of benzene rings is 1. The van der Waals surface area contributed by atoms with Crippen LogP contribution in [0.25, 0.3) is 0 Å². The van der Waals surface area contributed by atoms with Crippen LogP contribution < -0.4 is 10.6 Å². The highest BCUT2D eigenvalue weighted by molar-refractivity contribution is 9.10. The maximum Gasteiger partial charge on any atom is 0.254 e. The fourth-order valence-corrected chi connectivity index (χ4v) is 2.65. The van der Waals surface area contributed by atoms with Crippen LogP contribution in [0.3, 0.4) is 0 Å². The lowest BCUT2D eigenvalue weighted by Gasteiger charge is -2.08. The van der Waals surface area contributed by atoms with Gasteiger partial charge in [0.15, 0.2) is 6.04 Å². The SMILES string of the molecule is CC.O=C1NC(C2CCCN2)=NC1c1ccc(Br)cc1. The third-order valence-corrected chi connectivity index (χ3v) is 3.87. The largest absolute Gasteiger partial charge is 0.311 e. The first-order chi connectivity index (χ1) is 9.74. The highest BCUT2D eigenvalue weighted by atomic mass is 79.9. The quantitative estimate of drug-likeness (QED) is 0.871. The van der Waals surface area contributed by atoms with Gasteiger partial charge in [0, 0.05) is 4.47 Å². The number of hydrogen-bond donors (Lipinski definition) is 2. The van der Waals surface area contributed by atoms with Gasteiger partial charge in [-0.25, -0.2) is 0 Å². The van der Waals surface area contributed by atoms with Gasteiger partial charge >= 0.3 is 0 Å². The lowest BCUT2D eigenvalue weighted by atomic mass is 10.1. The fraction of sp³-hybridized carbons (Fsp3) is 0.467. The van der Waals surface area contributed by atoms with Crippen LogP contribution in [0.1, 0.15) is 38.3 Å². The first-order valence-corrected chi connectivity index (χ1v) is 7.91. The number of aliphatic imine (C=N–C) groups is 1. The molecular weight excluding hydrogens is 318 g/mol. The van der Waals surface area contributed by atoms with Gasteiger partial charge in [0.2, 0.25) is 0 Å². The molecule has 0 bridgehead atoms. The molecule has 0 radical (unpaired) electrons. The minimum absolute atomic E-state index is 0.0268. The Hall–Kier alpha value is -1.20. The molecule has 5 heteroatoms. The summed E-state index contributed by atoms with van der Waals surface area (Å²) < 4.78 is 1.01. The smallest absolute Gasteiger partial charge is 0.254 e. The number of carbonyl (C=O) groups is 1. The van der Waals surface area contributed by atoms with Crippen molar-refractivity contribution in [1.82, 2.24) is 10.6 Å². The highest BCUT2D eigenvalue weighted by Gasteiger charge is 2.32. The van der Waals surface area contributed by atoms with Crippen LogP contribution in [0.4, 0.5) is 0 Å². The molecule has 0 saturated carbocycles. The summed E-state index contributed by atoms with van der Waals surface area (Å²) in [5.74, 6) is 0.770. The normalized spacial score (nSPS) is 24.8. The molecule has 2 heterocycles. The van der Waals surface area contributed by atoms with E-state index in [4.69, 9.17) is 0 Å². The summed E-state index contributed by atoms with van der Waals surface area (Å²) >= 11 is 3.39. The summed E-state index contributed by atoms with van der Waals surface area (Å²) in [5.41, 5.74) is 0.934. The second kappa shape index (κ2) is 6.99. The zero-order valence-electron chi connectivity index (χ0n) is 11.8. The number of amides is 1. The summed E-state index contributed by atoms with van der Waals surface area (Å²) in [6, 6.07) is 7.56. The van der Waals surface area contributed by atoms with Gasteiger partial charge in [-0.3, -0.25) is 9.79 Å². The van der Waals surface area contributed by atoms with Crippen LogP contribution >= 0.6 is 15.9 Å². The average Bonchev–Trinajstić information content (AvgIpc) is 3.11. The molecule has 20 heavy (non-hydrogen) atoms. The lowest BCUT2D eigenvalue weighted by molar-refractivity contribution is -0.120. The number of hydrogen-bond acceptors (Lipinski definition) is 3. The Balaban J connectivity index is 0.000000704. The predicted octanol–water partition coefficient (Wildman–Crippen LogP) is 2.80. The van der Waals surface area contributed by atoms with Crippen LogP contribution in [0.2, 0.25) is 0 Å². The van der Waals surface area contributed by atoms with Crippen LogP contribution in [0.5, 0.6) is 0 Å². The van der Waals surface area contributed by atoms with Crippen molar-refractivity contribution >= 4 is 27.7 Å². The van der Waals surface area contributed by atoms with E-state index in [1.807, 2.05) is 38.1 Å². The Morgan fingerprint density at radius 1 is 1.25 bits per heavy atom. The third kappa shape index (κ3) is 3.27. The maximum atomic E-state index is 12.0. The van der Waals surface area contributed by atoms with E-state index >= 15 is 0 Å². The Labute approximate surface area is 128 Å². The van der Waals surface area contributed by atoms with Crippen LogP contribution in [-0.4, -0.2) is 24.3 Å². The van der Waals surface area contributed by atoms with Crippen molar-refractivity contribution in [3.8, 4) is 0 Å². The van der Waals surface area contributed by atoms with Crippen molar-refractivity contribution in [3.05, 3.63) is 34.3 Å². The second-order valence-electron chi connectivity index (χ2n) is 4.61. The molecule has 2 aliphatic rings. The molecule has 2 aliphatic heterocycles. The number of rotatable bonds is 2. The topological polar surface area (TPSA) is 53.5 Å². The van der Waals surface area contributed by atoms with Gasteiger partial charge in [0.25, 0.3) is 5.91 Å². The van der Waals surface area contributed by atoms with Crippen molar-refractivity contribution in [1.29, 1.82) is 0 Å². The number of amidine groups is 1. The van der Waals surface area contributed by atoms with Crippen LogP contribution in [0, 0.1) is 0 Å². The second-order valence-corrected chi connectivity index (χ2v) is 5.52. The van der Waals surface area contributed by atoms with Gasteiger partial charge in [-0.2, -0.15) is 0 Å². The first kappa shape index (κ1) is 15.2.